The molecule has 2 N–H and O–H groups in total. The van der Waals surface area contributed by atoms with Crippen LogP contribution in [0.25, 0.3) is 10.2 Å². The summed E-state index contributed by atoms with van der Waals surface area (Å²) in [4.78, 5) is 29.9. The molecule has 1 aromatic carbocycles. The number of aryl methyl sites for hydroxylation is 1. The third kappa shape index (κ3) is 3.61. The first-order chi connectivity index (χ1) is 15.6. The first-order valence-electron chi connectivity index (χ1n) is 10.7. The van der Waals surface area contributed by atoms with Crippen LogP contribution in [-0.4, -0.2) is 59.4 Å². The van der Waals surface area contributed by atoms with Crippen LogP contribution in [0.5, 0.6) is 5.75 Å². The Labute approximate surface area is 190 Å². The van der Waals surface area contributed by atoms with Crippen molar-refractivity contribution in [3.63, 3.8) is 0 Å². The van der Waals surface area contributed by atoms with E-state index in [9.17, 15) is 4.79 Å². The molecule has 32 heavy (non-hydrogen) atoms. The lowest BCUT2D eigenvalue weighted by Gasteiger charge is -2.26. The average Bonchev–Trinajstić information content (AvgIpc) is 3.41. The van der Waals surface area contributed by atoms with Crippen molar-refractivity contribution in [1.82, 2.24) is 14.9 Å². The highest BCUT2D eigenvalue weighted by Gasteiger charge is 2.30. The molecule has 0 radical (unpaired) electrons. The number of methoxy groups -OCH3 is 1. The third-order valence-corrected chi connectivity index (χ3v) is 7.37. The number of benzene rings is 1. The molecule has 166 valence electrons. The number of ether oxygens (including phenoxy) is 1. The third-order valence-electron chi connectivity index (χ3n) is 6.21. The molecular formula is C23H25N5O3S. The van der Waals surface area contributed by atoms with Crippen LogP contribution in [0.3, 0.4) is 0 Å². The van der Waals surface area contributed by atoms with E-state index in [2.05, 4.69) is 20.3 Å². The van der Waals surface area contributed by atoms with Crippen molar-refractivity contribution in [2.75, 3.05) is 32.6 Å². The number of hydrogen-bond acceptors (Lipinski definition) is 8. The van der Waals surface area contributed by atoms with Gasteiger partial charge in [0.25, 0.3) is 0 Å². The molecule has 1 aliphatic heterocycles. The molecule has 3 heterocycles. The molecule has 2 aromatic heterocycles. The molecule has 0 saturated carbocycles. The van der Waals surface area contributed by atoms with Gasteiger partial charge in [0.2, 0.25) is 5.91 Å². The van der Waals surface area contributed by atoms with Gasteiger partial charge in [0.05, 0.1) is 31.3 Å². The summed E-state index contributed by atoms with van der Waals surface area (Å²) >= 11 is 1.64. The van der Waals surface area contributed by atoms with Crippen LogP contribution < -0.4 is 10.1 Å². The summed E-state index contributed by atoms with van der Waals surface area (Å²) in [5, 5.41) is 13.6. The SMILES string of the molecule is COc1cc2c(cc1Nc1ncnc3sc4c(c13)CC[C@H](C(=O)N(C)CCO)C4)C=NC2. The number of aliphatic hydroxyl groups excluding tert-OH is 1. The number of carbonyl (C=O) groups excluding carboxylic acids is 1. The molecule has 1 atom stereocenters. The number of anilines is 2. The van der Waals surface area contributed by atoms with E-state index in [-0.39, 0.29) is 18.4 Å². The highest BCUT2D eigenvalue weighted by atomic mass is 32.1. The zero-order valence-electron chi connectivity index (χ0n) is 18.1. The summed E-state index contributed by atoms with van der Waals surface area (Å²) in [7, 11) is 3.41. The number of aliphatic hydroxyl groups is 1. The summed E-state index contributed by atoms with van der Waals surface area (Å²) in [6.07, 6.45) is 5.73. The Bertz CT molecular complexity index is 1220. The van der Waals surface area contributed by atoms with Gasteiger partial charge in [-0.2, -0.15) is 0 Å². The van der Waals surface area contributed by atoms with E-state index in [1.54, 1.807) is 36.7 Å². The molecule has 1 amide bonds. The van der Waals surface area contributed by atoms with E-state index in [1.165, 1.54) is 10.4 Å². The molecule has 8 nitrogen and oxygen atoms in total. The standard InChI is InChI=1S/C23H25N5O3S/c1-28(5-6-29)23(30)13-3-4-16-19(9-13)32-22-20(16)21(25-12-26-22)27-17-7-14-10-24-11-15(14)8-18(17)31-2/h7-8,10,12-13,29H,3-6,9,11H2,1-2H3,(H,25,26,27)/t13-/m0/s1. The maximum atomic E-state index is 12.7. The monoisotopic (exact) mass is 451 g/mol. The Morgan fingerprint density at radius 1 is 1.38 bits per heavy atom. The van der Waals surface area contributed by atoms with Gasteiger partial charge in [-0.1, -0.05) is 0 Å². The molecule has 0 spiro atoms. The molecule has 0 bridgehead atoms. The minimum Gasteiger partial charge on any atom is -0.495 e. The van der Waals surface area contributed by atoms with Gasteiger partial charge < -0.3 is 20.1 Å². The Morgan fingerprint density at radius 2 is 2.25 bits per heavy atom. The quantitative estimate of drug-likeness (QED) is 0.598. The zero-order chi connectivity index (χ0) is 22.2. The summed E-state index contributed by atoms with van der Waals surface area (Å²) in [6.45, 7) is 1.02. The van der Waals surface area contributed by atoms with Gasteiger partial charge >= 0.3 is 0 Å². The minimum atomic E-state index is -0.0624. The fraction of sp³-hybridized carbons (Fsp3) is 0.391. The molecule has 2 aliphatic rings. The van der Waals surface area contributed by atoms with Crippen molar-refractivity contribution in [3.8, 4) is 5.75 Å². The second kappa shape index (κ2) is 8.48. The van der Waals surface area contributed by atoms with Gasteiger partial charge in [0.1, 0.15) is 22.7 Å². The average molecular weight is 452 g/mol. The highest BCUT2D eigenvalue weighted by molar-refractivity contribution is 7.19. The van der Waals surface area contributed by atoms with Crippen LogP contribution in [0, 0.1) is 5.92 Å². The number of aromatic nitrogens is 2. The summed E-state index contributed by atoms with van der Waals surface area (Å²) in [6, 6.07) is 4.06. The summed E-state index contributed by atoms with van der Waals surface area (Å²) < 4.78 is 5.61. The fourth-order valence-electron chi connectivity index (χ4n) is 4.52. The van der Waals surface area contributed by atoms with Gasteiger partial charge in [0, 0.05) is 30.6 Å². The highest BCUT2D eigenvalue weighted by Crippen LogP contribution is 2.42. The Hall–Kier alpha value is -3.04. The molecule has 3 aromatic rings. The number of hydrogen-bond donors (Lipinski definition) is 2. The number of nitrogens with zero attached hydrogens (tertiary/aromatic N) is 4. The number of likely N-dealkylation sites (N-methyl/N-ethyl adjacent to an activating group) is 1. The van der Waals surface area contributed by atoms with Crippen molar-refractivity contribution >= 4 is 45.2 Å². The lowest BCUT2D eigenvalue weighted by Crippen LogP contribution is -2.37. The van der Waals surface area contributed by atoms with E-state index in [4.69, 9.17) is 9.84 Å². The molecule has 9 heteroatoms. The van der Waals surface area contributed by atoms with Gasteiger partial charge in [0.15, 0.2) is 0 Å². The van der Waals surface area contributed by atoms with Crippen LogP contribution in [0.2, 0.25) is 0 Å². The fourth-order valence-corrected chi connectivity index (χ4v) is 5.79. The van der Waals surface area contributed by atoms with E-state index >= 15 is 0 Å². The van der Waals surface area contributed by atoms with Gasteiger partial charge in [-0.05, 0) is 48.1 Å². The first-order valence-corrected chi connectivity index (χ1v) is 11.5. The number of rotatable bonds is 6. The number of carbonyl (C=O) groups is 1. The van der Waals surface area contributed by atoms with Gasteiger partial charge in [-0.15, -0.1) is 11.3 Å². The topological polar surface area (TPSA) is 99.9 Å². The van der Waals surface area contributed by atoms with Crippen molar-refractivity contribution in [2.45, 2.75) is 25.8 Å². The lowest BCUT2D eigenvalue weighted by atomic mass is 9.87. The lowest BCUT2D eigenvalue weighted by molar-refractivity contribution is -0.135. The summed E-state index contributed by atoms with van der Waals surface area (Å²) in [5.41, 5.74) is 4.30. The number of amides is 1. The number of aliphatic imine (C=N–C) groups is 1. The van der Waals surface area contributed by atoms with Crippen LogP contribution in [0.4, 0.5) is 11.5 Å². The maximum absolute atomic E-state index is 12.7. The van der Waals surface area contributed by atoms with Crippen molar-refractivity contribution in [3.05, 3.63) is 40.0 Å². The van der Waals surface area contributed by atoms with Crippen LogP contribution >= 0.6 is 11.3 Å². The van der Waals surface area contributed by atoms with Crippen molar-refractivity contribution < 1.29 is 14.6 Å². The van der Waals surface area contributed by atoms with E-state index < -0.39 is 0 Å². The predicted molar refractivity (Wildman–Crippen MR) is 125 cm³/mol. The molecule has 0 unspecified atom stereocenters. The van der Waals surface area contributed by atoms with Crippen LogP contribution in [-0.2, 0) is 24.2 Å². The second-order valence-corrected chi connectivity index (χ2v) is 9.26. The van der Waals surface area contributed by atoms with Gasteiger partial charge in [-0.3, -0.25) is 9.79 Å². The minimum absolute atomic E-state index is 0.0221. The van der Waals surface area contributed by atoms with Crippen LogP contribution in [0.15, 0.2) is 23.5 Å². The molecule has 0 saturated heterocycles. The Morgan fingerprint density at radius 3 is 3.06 bits per heavy atom. The first kappa shape index (κ1) is 20.8. The second-order valence-electron chi connectivity index (χ2n) is 8.18. The van der Waals surface area contributed by atoms with E-state index in [0.29, 0.717) is 19.5 Å². The number of thiophene rings is 1. The Balaban J connectivity index is 1.48. The summed E-state index contributed by atoms with van der Waals surface area (Å²) in [5.74, 6) is 1.54. The van der Waals surface area contributed by atoms with Crippen molar-refractivity contribution in [2.24, 2.45) is 10.9 Å². The largest absolute Gasteiger partial charge is 0.495 e. The van der Waals surface area contributed by atoms with Crippen molar-refractivity contribution in [1.29, 1.82) is 0 Å². The molecular weight excluding hydrogens is 426 g/mol. The zero-order valence-corrected chi connectivity index (χ0v) is 18.9. The molecule has 0 fully saturated rings. The normalized spacial score (nSPS) is 16.7. The predicted octanol–water partition coefficient (Wildman–Crippen LogP) is 2.93. The van der Waals surface area contributed by atoms with Gasteiger partial charge in [-0.25, -0.2) is 9.97 Å². The number of nitrogens with one attached hydrogen (secondary N) is 1. The van der Waals surface area contributed by atoms with E-state index in [1.807, 2.05) is 18.3 Å². The smallest absolute Gasteiger partial charge is 0.225 e. The maximum Gasteiger partial charge on any atom is 0.225 e. The number of fused-ring (bicyclic) bond motifs is 4. The molecule has 1 aliphatic carbocycles. The van der Waals surface area contributed by atoms with Crippen LogP contribution in [0.1, 0.15) is 28.0 Å². The van der Waals surface area contributed by atoms with E-state index in [0.717, 1.165) is 51.4 Å². The molecule has 5 rings (SSSR count). The Kier molecular flexibility index (Phi) is 5.52.